The van der Waals surface area contributed by atoms with Crippen LogP contribution in [0, 0.1) is 0 Å². The normalized spacial score (nSPS) is 20.4. The fourth-order valence-corrected chi connectivity index (χ4v) is 2.15. The van der Waals surface area contributed by atoms with E-state index in [1.807, 2.05) is 6.07 Å². The first kappa shape index (κ1) is 12.0. The number of piperidine rings is 1. The van der Waals surface area contributed by atoms with Gasteiger partial charge < -0.3 is 9.64 Å². The molecular formula is C13H18N2O2. The van der Waals surface area contributed by atoms with E-state index in [0.29, 0.717) is 0 Å². The highest BCUT2D eigenvalue weighted by atomic mass is 16.5. The van der Waals surface area contributed by atoms with Gasteiger partial charge in [-0.3, -0.25) is 4.79 Å². The van der Waals surface area contributed by atoms with Gasteiger partial charge in [0, 0.05) is 32.0 Å². The van der Waals surface area contributed by atoms with E-state index in [0.717, 1.165) is 37.3 Å². The lowest BCUT2D eigenvalue weighted by atomic mass is 10.1. The lowest BCUT2D eigenvalue weighted by Gasteiger charge is -2.32. The quantitative estimate of drug-likeness (QED) is 0.749. The molecule has 1 aromatic rings. The fourth-order valence-electron chi connectivity index (χ4n) is 2.15. The first-order valence-electron chi connectivity index (χ1n) is 5.95. The summed E-state index contributed by atoms with van der Waals surface area (Å²) in [4.78, 5) is 17.8. The minimum atomic E-state index is 0.0777. The summed E-state index contributed by atoms with van der Waals surface area (Å²) in [7, 11) is 1.74. The van der Waals surface area contributed by atoms with Crippen LogP contribution in [-0.4, -0.2) is 37.1 Å². The van der Waals surface area contributed by atoms with Crippen LogP contribution in [0.1, 0.15) is 30.1 Å². The maximum Gasteiger partial charge on any atom is 0.159 e. The van der Waals surface area contributed by atoms with Crippen LogP contribution < -0.4 is 4.90 Å². The van der Waals surface area contributed by atoms with Gasteiger partial charge in [-0.25, -0.2) is 4.98 Å². The van der Waals surface area contributed by atoms with Crippen molar-refractivity contribution in [2.24, 2.45) is 0 Å². The van der Waals surface area contributed by atoms with Crippen LogP contribution >= 0.6 is 0 Å². The summed E-state index contributed by atoms with van der Waals surface area (Å²) in [5, 5.41) is 0. The zero-order chi connectivity index (χ0) is 12.3. The van der Waals surface area contributed by atoms with Crippen LogP contribution in [0.4, 0.5) is 5.82 Å². The van der Waals surface area contributed by atoms with Gasteiger partial charge in [-0.05, 0) is 31.9 Å². The molecule has 4 nitrogen and oxygen atoms in total. The molecule has 2 rings (SSSR count). The molecule has 0 aliphatic carbocycles. The molecule has 17 heavy (non-hydrogen) atoms. The molecule has 1 fully saturated rings. The third-order valence-electron chi connectivity index (χ3n) is 3.19. The topological polar surface area (TPSA) is 42.4 Å². The Hall–Kier alpha value is -1.42. The number of ketones is 1. The number of nitrogens with zero attached hydrogens (tertiary/aromatic N) is 2. The van der Waals surface area contributed by atoms with Crippen molar-refractivity contribution in [3.8, 4) is 0 Å². The van der Waals surface area contributed by atoms with Crippen LogP contribution in [0.2, 0.25) is 0 Å². The van der Waals surface area contributed by atoms with Gasteiger partial charge in [-0.2, -0.15) is 0 Å². The summed E-state index contributed by atoms with van der Waals surface area (Å²) in [6.07, 6.45) is 4.17. The second-order valence-corrected chi connectivity index (χ2v) is 4.40. The summed E-state index contributed by atoms with van der Waals surface area (Å²) in [6, 6.07) is 3.62. The lowest BCUT2D eigenvalue weighted by Crippen LogP contribution is -2.39. The minimum Gasteiger partial charge on any atom is -0.380 e. The van der Waals surface area contributed by atoms with Gasteiger partial charge in [0.25, 0.3) is 0 Å². The minimum absolute atomic E-state index is 0.0777. The van der Waals surface area contributed by atoms with Crippen molar-refractivity contribution in [1.29, 1.82) is 0 Å². The third-order valence-corrected chi connectivity index (χ3v) is 3.19. The molecule has 4 heteroatoms. The highest BCUT2D eigenvalue weighted by Gasteiger charge is 2.20. The number of carbonyl (C=O) groups is 1. The van der Waals surface area contributed by atoms with Crippen LogP contribution in [0.3, 0.4) is 0 Å². The van der Waals surface area contributed by atoms with Crippen molar-refractivity contribution in [2.45, 2.75) is 25.9 Å². The molecule has 0 N–H and O–H groups in total. The number of methoxy groups -OCH3 is 1. The highest BCUT2D eigenvalue weighted by molar-refractivity contribution is 5.94. The van der Waals surface area contributed by atoms with Gasteiger partial charge in [0.2, 0.25) is 0 Å². The molecule has 0 spiro atoms. The highest BCUT2D eigenvalue weighted by Crippen LogP contribution is 2.20. The molecule has 0 radical (unpaired) electrons. The first-order valence-corrected chi connectivity index (χ1v) is 5.95. The first-order chi connectivity index (χ1) is 8.20. The van der Waals surface area contributed by atoms with Crippen molar-refractivity contribution in [2.75, 3.05) is 25.1 Å². The largest absolute Gasteiger partial charge is 0.380 e. The molecule has 92 valence electrons. The Labute approximate surface area is 102 Å². The molecule has 1 unspecified atom stereocenters. The predicted octanol–water partition coefficient (Wildman–Crippen LogP) is 1.90. The Bertz CT molecular complexity index is 406. The summed E-state index contributed by atoms with van der Waals surface area (Å²) in [5.41, 5.74) is 0.717. The Morgan fingerprint density at radius 2 is 2.41 bits per heavy atom. The number of Topliss-reactive ketones (excluding diaryl/α,β-unsaturated/α-hetero) is 1. The van der Waals surface area contributed by atoms with Gasteiger partial charge in [-0.15, -0.1) is 0 Å². The zero-order valence-electron chi connectivity index (χ0n) is 10.3. The number of hydrogen-bond acceptors (Lipinski definition) is 4. The number of ether oxygens (including phenoxy) is 1. The number of aromatic nitrogens is 1. The van der Waals surface area contributed by atoms with Gasteiger partial charge in [0.05, 0.1) is 6.10 Å². The molecule has 0 bridgehead atoms. The molecule has 1 aliphatic rings. The monoisotopic (exact) mass is 234 g/mol. The number of pyridine rings is 1. The van der Waals surface area contributed by atoms with Crippen LogP contribution in [-0.2, 0) is 4.74 Å². The summed E-state index contributed by atoms with van der Waals surface area (Å²) < 4.78 is 5.38. The summed E-state index contributed by atoms with van der Waals surface area (Å²) in [5.74, 6) is 0.952. The fraction of sp³-hybridized carbons (Fsp3) is 0.538. The molecule has 1 aliphatic heterocycles. The standard InChI is InChI=1S/C13H18N2O2/c1-10(16)11-5-6-14-13(8-11)15-7-3-4-12(9-15)17-2/h5-6,8,12H,3-4,7,9H2,1-2H3. The number of rotatable bonds is 3. The van der Waals surface area contributed by atoms with Crippen molar-refractivity contribution in [3.63, 3.8) is 0 Å². The number of anilines is 1. The van der Waals surface area contributed by atoms with E-state index < -0.39 is 0 Å². The van der Waals surface area contributed by atoms with Crippen LogP contribution in [0.15, 0.2) is 18.3 Å². The SMILES string of the molecule is COC1CCCN(c2cc(C(C)=O)ccn2)C1. The number of hydrogen-bond donors (Lipinski definition) is 0. The Morgan fingerprint density at radius 3 is 3.12 bits per heavy atom. The van der Waals surface area contributed by atoms with E-state index in [2.05, 4.69) is 9.88 Å². The average Bonchev–Trinajstić information content (AvgIpc) is 2.39. The van der Waals surface area contributed by atoms with E-state index in [1.165, 1.54) is 0 Å². The van der Waals surface area contributed by atoms with E-state index in [9.17, 15) is 4.79 Å². The molecule has 1 atom stereocenters. The maximum atomic E-state index is 11.3. The van der Waals surface area contributed by atoms with Crippen LogP contribution in [0.5, 0.6) is 0 Å². The second-order valence-electron chi connectivity index (χ2n) is 4.40. The second kappa shape index (κ2) is 5.27. The van der Waals surface area contributed by atoms with Crippen LogP contribution in [0.25, 0.3) is 0 Å². The smallest absolute Gasteiger partial charge is 0.159 e. The van der Waals surface area contributed by atoms with E-state index in [4.69, 9.17) is 4.74 Å². The Morgan fingerprint density at radius 1 is 1.59 bits per heavy atom. The lowest BCUT2D eigenvalue weighted by molar-refractivity contribution is 0.0891. The van der Waals surface area contributed by atoms with Gasteiger partial charge in [0.1, 0.15) is 5.82 Å². The number of carbonyl (C=O) groups excluding carboxylic acids is 1. The maximum absolute atomic E-state index is 11.3. The van der Waals surface area contributed by atoms with Gasteiger partial charge in [-0.1, -0.05) is 0 Å². The van der Waals surface area contributed by atoms with E-state index in [1.54, 1.807) is 26.3 Å². The Balaban J connectivity index is 2.16. The van der Waals surface area contributed by atoms with Crippen molar-refractivity contribution < 1.29 is 9.53 Å². The molecule has 0 saturated carbocycles. The Kier molecular flexibility index (Phi) is 3.74. The van der Waals surface area contributed by atoms with Crippen molar-refractivity contribution >= 4 is 11.6 Å². The van der Waals surface area contributed by atoms with Crippen molar-refractivity contribution in [3.05, 3.63) is 23.9 Å². The molecule has 1 aromatic heterocycles. The van der Waals surface area contributed by atoms with Gasteiger partial charge >= 0.3 is 0 Å². The van der Waals surface area contributed by atoms with E-state index in [-0.39, 0.29) is 11.9 Å². The predicted molar refractivity (Wildman–Crippen MR) is 66.5 cm³/mol. The average molecular weight is 234 g/mol. The molecule has 1 saturated heterocycles. The zero-order valence-corrected chi connectivity index (χ0v) is 10.3. The molecule has 0 amide bonds. The van der Waals surface area contributed by atoms with Gasteiger partial charge in [0.15, 0.2) is 5.78 Å². The molecule has 2 heterocycles. The summed E-state index contributed by atoms with van der Waals surface area (Å²) in [6.45, 7) is 3.41. The van der Waals surface area contributed by atoms with Crippen molar-refractivity contribution in [1.82, 2.24) is 4.98 Å². The molecule has 0 aromatic carbocycles. The third kappa shape index (κ3) is 2.82. The summed E-state index contributed by atoms with van der Waals surface area (Å²) >= 11 is 0. The van der Waals surface area contributed by atoms with E-state index >= 15 is 0 Å². The molecular weight excluding hydrogens is 216 g/mol.